The largest absolute Gasteiger partial charge is 0.451 e. The molecule has 0 aliphatic rings. The predicted octanol–water partition coefficient (Wildman–Crippen LogP) is 5.43. The number of para-hydroxylation sites is 1. The number of anilines is 2. The molecule has 2 amide bonds. The van der Waals surface area contributed by atoms with Gasteiger partial charge in [-0.1, -0.05) is 24.3 Å². The molecule has 6 nitrogen and oxygen atoms in total. The third-order valence-electron chi connectivity index (χ3n) is 5.05. The van der Waals surface area contributed by atoms with Gasteiger partial charge in [0, 0.05) is 22.3 Å². The summed E-state index contributed by atoms with van der Waals surface area (Å²) in [6.07, 6.45) is 0. The van der Waals surface area contributed by atoms with Crippen LogP contribution in [0, 0.1) is 13.8 Å². The third kappa shape index (κ3) is 4.84. The predicted molar refractivity (Wildman–Crippen MR) is 130 cm³/mol. The highest BCUT2D eigenvalue weighted by atomic mass is 32.1. The highest BCUT2D eigenvalue weighted by Crippen LogP contribution is 2.20. The Bertz CT molecular complexity index is 1290. The lowest BCUT2D eigenvalue weighted by atomic mass is 10.1. The molecule has 0 saturated carbocycles. The number of amides is 2. The number of aryl methyl sites for hydroxylation is 2. The Balaban J connectivity index is 1.34. The molecule has 0 spiro atoms. The maximum absolute atomic E-state index is 12.5. The van der Waals surface area contributed by atoms with E-state index in [2.05, 4.69) is 16.0 Å². The second-order valence-electron chi connectivity index (χ2n) is 7.39. The zero-order valence-electron chi connectivity index (χ0n) is 17.6. The van der Waals surface area contributed by atoms with E-state index < -0.39 is 0 Å². The fourth-order valence-electron chi connectivity index (χ4n) is 3.14. The van der Waals surface area contributed by atoms with Crippen LogP contribution in [-0.2, 0) is 0 Å². The number of furan rings is 1. The summed E-state index contributed by atoms with van der Waals surface area (Å²) in [5.74, 6) is -0.373. The van der Waals surface area contributed by atoms with Crippen molar-refractivity contribution in [2.24, 2.45) is 0 Å². The first-order chi connectivity index (χ1) is 15.4. The first-order valence-corrected chi connectivity index (χ1v) is 10.4. The Morgan fingerprint density at radius 2 is 1.47 bits per heavy atom. The maximum atomic E-state index is 12.5. The number of carbonyl (C=O) groups excluding carboxylic acids is 2. The molecule has 0 radical (unpaired) electrons. The van der Waals surface area contributed by atoms with Crippen molar-refractivity contribution in [1.82, 2.24) is 5.32 Å². The molecule has 160 valence electrons. The van der Waals surface area contributed by atoms with Gasteiger partial charge in [-0.3, -0.25) is 14.9 Å². The van der Waals surface area contributed by atoms with Gasteiger partial charge >= 0.3 is 0 Å². The summed E-state index contributed by atoms with van der Waals surface area (Å²) < 4.78 is 5.58. The molecular formula is C25H21N3O3S. The number of thiocarbonyl (C=S) groups is 1. The molecule has 32 heavy (non-hydrogen) atoms. The molecule has 3 aromatic carbocycles. The Morgan fingerprint density at radius 1 is 0.781 bits per heavy atom. The van der Waals surface area contributed by atoms with E-state index in [0.29, 0.717) is 22.5 Å². The van der Waals surface area contributed by atoms with Gasteiger partial charge in [-0.15, -0.1) is 0 Å². The number of hydrogen-bond acceptors (Lipinski definition) is 4. The van der Waals surface area contributed by atoms with Gasteiger partial charge in [0.15, 0.2) is 10.9 Å². The first-order valence-electron chi connectivity index (χ1n) is 9.98. The van der Waals surface area contributed by atoms with Crippen molar-refractivity contribution in [3.8, 4) is 0 Å². The highest BCUT2D eigenvalue weighted by Gasteiger charge is 2.13. The number of hydrogen-bond donors (Lipinski definition) is 3. The molecule has 0 fully saturated rings. The molecule has 1 heterocycles. The molecule has 0 unspecified atom stereocenters. The monoisotopic (exact) mass is 443 g/mol. The normalized spacial score (nSPS) is 10.6. The SMILES string of the molecule is Cc1ccc(C(=O)NC(=S)Nc2ccc(NC(=O)c3cc4ccccc4o3)cc2)cc1C. The Morgan fingerprint density at radius 3 is 2.16 bits per heavy atom. The van der Waals surface area contributed by atoms with Gasteiger partial charge in [0.2, 0.25) is 0 Å². The van der Waals surface area contributed by atoms with Crippen molar-refractivity contribution in [3.05, 3.63) is 95.2 Å². The van der Waals surface area contributed by atoms with Crippen LogP contribution in [0.1, 0.15) is 32.0 Å². The number of benzene rings is 3. The molecule has 0 atom stereocenters. The summed E-state index contributed by atoms with van der Waals surface area (Å²) in [6, 6.07) is 21.6. The van der Waals surface area contributed by atoms with Gasteiger partial charge in [0.1, 0.15) is 5.58 Å². The lowest BCUT2D eigenvalue weighted by Gasteiger charge is -2.11. The smallest absolute Gasteiger partial charge is 0.291 e. The number of rotatable bonds is 4. The van der Waals surface area contributed by atoms with Crippen LogP contribution in [0.3, 0.4) is 0 Å². The first kappa shape index (κ1) is 21.3. The summed E-state index contributed by atoms with van der Waals surface area (Å²) in [7, 11) is 0. The van der Waals surface area contributed by atoms with Crippen LogP contribution in [0.15, 0.2) is 77.2 Å². The molecular weight excluding hydrogens is 422 g/mol. The van der Waals surface area contributed by atoms with Gasteiger partial charge in [-0.25, -0.2) is 0 Å². The Labute approximate surface area is 190 Å². The van der Waals surface area contributed by atoms with E-state index in [9.17, 15) is 9.59 Å². The van der Waals surface area contributed by atoms with Gasteiger partial charge in [0.25, 0.3) is 11.8 Å². The standard InChI is InChI=1S/C25H21N3O3S/c1-15-7-8-18(13-16(15)2)23(29)28-25(32)27-20-11-9-19(10-12-20)26-24(30)22-14-17-5-3-4-6-21(17)31-22/h3-14H,1-2H3,(H,26,30)(H2,27,28,29,32). The maximum Gasteiger partial charge on any atom is 0.291 e. The van der Waals surface area contributed by atoms with Crippen molar-refractivity contribution < 1.29 is 14.0 Å². The van der Waals surface area contributed by atoms with E-state index in [1.807, 2.05) is 50.2 Å². The molecule has 7 heteroatoms. The van der Waals surface area contributed by atoms with E-state index in [1.165, 1.54) is 0 Å². The highest BCUT2D eigenvalue weighted by molar-refractivity contribution is 7.80. The van der Waals surface area contributed by atoms with Crippen molar-refractivity contribution in [2.75, 3.05) is 10.6 Å². The topological polar surface area (TPSA) is 83.4 Å². The van der Waals surface area contributed by atoms with Crippen LogP contribution >= 0.6 is 12.2 Å². The summed E-state index contributed by atoms with van der Waals surface area (Å²) >= 11 is 5.24. The van der Waals surface area contributed by atoms with E-state index >= 15 is 0 Å². The Hall–Kier alpha value is -3.97. The van der Waals surface area contributed by atoms with E-state index in [4.69, 9.17) is 16.6 Å². The quantitative estimate of drug-likeness (QED) is 0.367. The molecule has 4 rings (SSSR count). The molecule has 0 aliphatic carbocycles. The molecule has 1 aromatic heterocycles. The number of nitrogens with one attached hydrogen (secondary N) is 3. The third-order valence-corrected chi connectivity index (χ3v) is 5.25. The summed E-state index contributed by atoms with van der Waals surface area (Å²) in [5, 5.41) is 9.49. The molecule has 0 aliphatic heterocycles. The Kier molecular flexibility index (Phi) is 6.00. The number of fused-ring (bicyclic) bond motifs is 1. The van der Waals surface area contributed by atoms with Crippen LogP contribution < -0.4 is 16.0 Å². The van der Waals surface area contributed by atoms with Crippen LogP contribution in [0.5, 0.6) is 0 Å². The minimum atomic E-state index is -0.335. The second kappa shape index (κ2) is 9.03. The summed E-state index contributed by atoms with van der Waals surface area (Å²) in [5.41, 5.74) is 4.64. The summed E-state index contributed by atoms with van der Waals surface area (Å²) in [4.78, 5) is 24.8. The van der Waals surface area contributed by atoms with Crippen LogP contribution in [0.2, 0.25) is 0 Å². The molecule has 4 aromatic rings. The van der Waals surface area contributed by atoms with Crippen molar-refractivity contribution in [1.29, 1.82) is 0 Å². The zero-order chi connectivity index (χ0) is 22.7. The molecule has 0 saturated heterocycles. The van der Waals surface area contributed by atoms with E-state index in [0.717, 1.165) is 16.5 Å². The van der Waals surface area contributed by atoms with Gasteiger partial charge in [0.05, 0.1) is 0 Å². The van der Waals surface area contributed by atoms with Gasteiger partial charge in [-0.2, -0.15) is 0 Å². The van der Waals surface area contributed by atoms with Crippen LogP contribution in [0.25, 0.3) is 11.0 Å². The molecule has 3 N–H and O–H groups in total. The van der Waals surface area contributed by atoms with Crippen LogP contribution in [0.4, 0.5) is 11.4 Å². The fourth-order valence-corrected chi connectivity index (χ4v) is 3.35. The minimum Gasteiger partial charge on any atom is -0.451 e. The van der Waals surface area contributed by atoms with Crippen molar-refractivity contribution >= 4 is 51.5 Å². The fraction of sp³-hybridized carbons (Fsp3) is 0.0800. The van der Waals surface area contributed by atoms with Gasteiger partial charge < -0.3 is 15.1 Å². The summed E-state index contributed by atoms with van der Waals surface area (Å²) in [6.45, 7) is 3.95. The number of carbonyl (C=O) groups is 2. The lowest BCUT2D eigenvalue weighted by molar-refractivity contribution is 0.0975. The minimum absolute atomic E-state index is 0.187. The van der Waals surface area contributed by atoms with Crippen molar-refractivity contribution in [3.63, 3.8) is 0 Å². The van der Waals surface area contributed by atoms with Crippen molar-refractivity contribution in [2.45, 2.75) is 13.8 Å². The van der Waals surface area contributed by atoms with E-state index in [-0.39, 0.29) is 22.7 Å². The average molecular weight is 444 g/mol. The van der Waals surface area contributed by atoms with Gasteiger partial charge in [-0.05, 0) is 85.7 Å². The molecule has 0 bridgehead atoms. The zero-order valence-corrected chi connectivity index (χ0v) is 18.4. The van der Waals surface area contributed by atoms with Crippen LogP contribution in [-0.4, -0.2) is 16.9 Å². The lowest BCUT2D eigenvalue weighted by Crippen LogP contribution is -2.34. The van der Waals surface area contributed by atoms with E-state index in [1.54, 1.807) is 36.4 Å². The average Bonchev–Trinajstić information content (AvgIpc) is 3.21. The second-order valence-corrected chi connectivity index (χ2v) is 7.80.